The van der Waals surface area contributed by atoms with Gasteiger partial charge in [-0.2, -0.15) is 0 Å². The Kier molecular flexibility index (Phi) is 7.32. The molecule has 1 rings (SSSR count). The molecule has 0 aromatic heterocycles. The lowest BCUT2D eigenvalue weighted by atomic mass is 10.0. The molecule has 5 heteroatoms. The fourth-order valence-corrected chi connectivity index (χ4v) is 3.66. The van der Waals surface area contributed by atoms with Gasteiger partial charge in [0.25, 0.3) is 0 Å². The van der Waals surface area contributed by atoms with Crippen molar-refractivity contribution in [1.29, 1.82) is 0 Å². The molecule has 2 N–H and O–H groups in total. The predicted octanol–water partition coefficient (Wildman–Crippen LogP) is 2.27. The smallest absolute Gasteiger partial charge is 0.211 e. The molecule has 1 saturated carbocycles. The van der Waals surface area contributed by atoms with Gasteiger partial charge in [-0.25, -0.2) is 13.1 Å². The van der Waals surface area contributed by atoms with Gasteiger partial charge in [-0.05, 0) is 57.0 Å². The minimum absolute atomic E-state index is 0.267. The van der Waals surface area contributed by atoms with Crippen LogP contribution in [0.2, 0.25) is 0 Å². The zero-order valence-electron chi connectivity index (χ0n) is 12.5. The molecule has 0 atom stereocenters. The van der Waals surface area contributed by atoms with Crippen LogP contribution < -0.4 is 10.0 Å². The van der Waals surface area contributed by atoms with Gasteiger partial charge in [0.2, 0.25) is 10.0 Å². The molecule has 114 valence electrons. The van der Waals surface area contributed by atoms with Crippen LogP contribution in [-0.2, 0) is 10.0 Å². The average molecular weight is 290 g/mol. The van der Waals surface area contributed by atoms with Gasteiger partial charge in [0.15, 0.2) is 0 Å². The zero-order valence-corrected chi connectivity index (χ0v) is 13.3. The topological polar surface area (TPSA) is 58.2 Å². The van der Waals surface area contributed by atoms with Gasteiger partial charge in [-0.1, -0.05) is 20.3 Å². The molecule has 4 nitrogen and oxygen atoms in total. The summed E-state index contributed by atoms with van der Waals surface area (Å²) >= 11 is 0. The molecule has 0 spiro atoms. The van der Waals surface area contributed by atoms with Crippen LogP contribution in [0.15, 0.2) is 0 Å². The van der Waals surface area contributed by atoms with E-state index >= 15 is 0 Å². The van der Waals surface area contributed by atoms with Crippen molar-refractivity contribution in [3.05, 3.63) is 0 Å². The van der Waals surface area contributed by atoms with E-state index in [-0.39, 0.29) is 5.75 Å². The van der Waals surface area contributed by atoms with Crippen molar-refractivity contribution in [1.82, 2.24) is 10.0 Å². The van der Waals surface area contributed by atoms with Crippen molar-refractivity contribution in [3.8, 4) is 0 Å². The highest BCUT2D eigenvalue weighted by Gasteiger charge is 2.41. The van der Waals surface area contributed by atoms with Gasteiger partial charge in [0, 0.05) is 6.54 Å². The van der Waals surface area contributed by atoms with Crippen molar-refractivity contribution >= 4 is 10.0 Å². The second kappa shape index (κ2) is 8.22. The monoisotopic (exact) mass is 290 g/mol. The first-order valence-electron chi connectivity index (χ1n) is 7.72. The average Bonchev–Trinajstić information content (AvgIpc) is 3.12. The SMILES string of the molecule is CCCNCCCCS(=O)(=O)NCC1(CCC)CC1. The number of sulfonamides is 1. The molecule has 0 heterocycles. The summed E-state index contributed by atoms with van der Waals surface area (Å²) in [4.78, 5) is 0. The standard InChI is InChI=1S/C14H30N2O2S/c1-3-7-14(8-9-14)13-16-19(17,18)12-6-5-11-15-10-4-2/h15-16H,3-13H2,1-2H3. The normalized spacial score (nSPS) is 17.6. The van der Waals surface area contributed by atoms with Crippen molar-refractivity contribution < 1.29 is 8.42 Å². The quantitative estimate of drug-likeness (QED) is 0.542. The summed E-state index contributed by atoms with van der Waals surface area (Å²) in [6, 6.07) is 0. The highest BCUT2D eigenvalue weighted by atomic mass is 32.2. The van der Waals surface area contributed by atoms with Crippen LogP contribution in [0, 0.1) is 5.41 Å². The Morgan fingerprint density at radius 2 is 1.79 bits per heavy atom. The van der Waals surface area contributed by atoms with E-state index in [9.17, 15) is 8.42 Å². The molecule has 0 bridgehead atoms. The highest BCUT2D eigenvalue weighted by molar-refractivity contribution is 7.89. The summed E-state index contributed by atoms with van der Waals surface area (Å²) in [6.45, 7) is 6.88. The van der Waals surface area contributed by atoms with Gasteiger partial charge in [0.05, 0.1) is 5.75 Å². The summed E-state index contributed by atoms with van der Waals surface area (Å²) in [6.07, 6.45) is 7.46. The molecule has 0 aromatic carbocycles. The first kappa shape index (κ1) is 16.9. The maximum Gasteiger partial charge on any atom is 0.211 e. The number of rotatable bonds is 12. The van der Waals surface area contributed by atoms with Crippen molar-refractivity contribution in [2.45, 2.75) is 58.8 Å². The lowest BCUT2D eigenvalue weighted by molar-refractivity contribution is 0.449. The minimum atomic E-state index is -3.06. The third kappa shape index (κ3) is 7.28. The van der Waals surface area contributed by atoms with Crippen LogP contribution in [0.5, 0.6) is 0 Å². The fourth-order valence-electron chi connectivity index (χ4n) is 2.40. The Hall–Kier alpha value is -0.130. The third-order valence-corrected chi connectivity index (χ3v) is 5.26. The van der Waals surface area contributed by atoms with Crippen LogP contribution in [0.4, 0.5) is 0 Å². The first-order chi connectivity index (χ1) is 9.04. The number of nitrogens with one attached hydrogen (secondary N) is 2. The Labute approximate surface area is 118 Å². The van der Waals surface area contributed by atoms with Gasteiger partial charge in [0.1, 0.15) is 0 Å². The van der Waals surface area contributed by atoms with Gasteiger partial charge < -0.3 is 5.32 Å². The molecular weight excluding hydrogens is 260 g/mol. The number of hydrogen-bond donors (Lipinski definition) is 2. The molecule has 0 aromatic rings. The predicted molar refractivity (Wildman–Crippen MR) is 80.8 cm³/mol. The van der Waals surface area contributed by atoms with Crippen molar-refractivity contribution in [2.24, 2.45) is 5.41 Å². The Morgan fingerprint density at radius 1 is 1.05 bits per heavy atom. The van der Waals surface area contributed by atoms with E-state index in [1.807, 2.05) is 0 Å². The largest absolute Gasteiger partial charge is 0.317 e. The van der Waals surface area contributed by atoms with E-state index in [0.29, 0.717) is 12.0 Å². The second-order valence-electron chi connectivity index (χ2n) is 5.85. The summed E-state index contributed by atoms with van der Waals surface area (Å²) in [7, 11) is -3.06. The van der Waals surface area contributed by atoms with E-state index < -0.39 is 10.0 Å². The number of unbranched alkanes of at least 4 members (excludes halogenated alkanes) is 1. The Balaban J connectivity index is 2.11. The molecule has 0 unspecified atom stereocenters. The molecule has 0 saturated heterocycles. The third-order valence-electron chi connectivity index (χ3n) is 3.85. The second-order valence-corrected chi connectivity index (χ2v) is 7.77. The summed E-state index contributed by atoms with van der Waals surface area (Å²) in [5.41, 5.74) is 0.296. The highest BCUT2D eigenvalue weighted by Crippen LogP contribution is 2.49. The molecule has 1 aliphatic carbocycles. The first-order valence-corrected chi connectivity index (χ1v) is 9.37. The summed E-state index contributed by atoms with van der Waals surface area (Å²) in [5.74, 6) is 0.267. The van der Waals surface area contributed by atoms with Crippen molar-refractivity contribution in [3.63, 3.8) is 0 Å². The fraction of sp³-hybridized carbons (Fsp3) is 1.00. The van der Waals surface area contributed by atoms with Gasteiger partial charge in [-0.15, -0.1) is 0 Å². The molecule has 0 aliphatic heterocycles. The number of hydrogen-bond acceptors (Lipinski definition) is 3. The maximum absolute atomic E-state index is 11.9. The summed E-state index contributed by atoms with van der Waals surface area (Å²) in [5, 5.41) is 3.29. The minimum Gasteiger partial charge on any atom is -0.317 e. The van der Waals surface area contributed by atoms with Crippen LogP contribution >= 0.6 is 0 Å². The van der Waals surface area contributed by atoms with E-state index in [0.717, 1.165) is 45.2 Å². The van der Waals surface area contributed by atoms with Crippen molar-refractivity contribution in [2.75, 3.05) is 25.4 Å². The van der Waals surface area contributed by atoms with E-state index in [4.69, 9.17) is 0 Å². The Morgan fingerprint density at radius 3 is 2.37 bits per heavy atom. The van der Waals surface area contributed by atoms with E-state index in [1.54, 1.807) is 0 Å². The van der Waals surface area contributed by atoms with Crippen LogP contribution in [0.3, 0.4) is 0 Å². The lowest BCUT2D eigenvalue weighted by Gasteiger charge is -2.15. The molecule has 0 radical (unpaired) electrons. The molecule has 1 fully saturated rings. The molecule has 0 amide bonds. The zero-order chi connectivity index (χ0) is 14.2. The molecule has 1 aliphatic rings. The summed E-state index contributed by atoms with van der Waals surface area (Å²) < 4.78 is 26.5. The molecule has 19 heavy (non-hydrogen) atoms. The lowest BCUT2D eigenvalue weighted by Crippen LogP contribution is -2.32. The van der Waals surface area contributed by atoms with E-state index in [1.165, 1.54) is 12.8 Å². The maximum atomic E-state index is 11.9. The van der Waals surface area contributed by atoms with Crippen LogP contribution in [0.25, 0.3) is 0 Å². The van der Waals surface area contributed by atoms with Gasteiger partial charge in [-0.3, -0.25) is 0 Å². The van der Waals surface area contributed by atoms with Crippen LogP contribution in [0.1, 0.15) is 58.8 Å². The van der Waals surface area contributed by atoms with Gasteiger partial charge >= 0.3 is 0 Å². The Bertz CT molecular complexity index is 337. The van der Waals surface area contributed by atoms with E-state index in [2.05, 4.69) is 23.9 Å². The van der Waals surface area contributed by atoms with Crippen LogP contribution in [-0.4, -0.2) is 33.8 Å². The molecular formula is C14H30N2O2S.